The molecule has 0 bridgehead atoms. The molecule has 2 unspecified atom stereocenters. The molecular formula is C11H17N5O2. The summed E-state index contributed by atoms with van der Waals surface area (Å²) in [5, 5.41) is 21.3. The van der Waals surface area contributed by atoms with E-state index in [2.05, 4.69) is 15.1 Å². The third-order valence-electron chi connectivity index (χ3n) is 3.24. The van der Waals surface area contributed by atoms with E-state index in [1.165, 1.54) is 6.20 Å². The number of nitrogens with zero attached hydrogens (tertiary/aromatic N) is 4. The van der Waals surface area contributed by atoms with Gasteiger partial charge in [0, 0.05) is 31.4 Å². The van der Waals surface area contributed by atoms with Crippen LogP contribution in [0.5, 0.6) is 0 Å². The van der Waals surface area contributed by atoms with Gasteiger partial charge in [-0.1, -0.05) is 5.16 Å². The monoisotopic (exact) mass is 251 g/mol. The van der Waals surface area contributed by atoms with Gasteiger partial charge in [0.05, 0.1) is 6.10 Å². The van der Waals surface area contributed by atoms with Crippen LogP contribution in [0.15, 0.2) is 17.5 Å². The summed E-state index contributed by atoms with van der Waals surface area (Å²) in [5.74, 6) is 0.752. The van der Waals surface area contributed by atoms with Gasteiger partial charge in [-0.05, 0) is 13.3 Å². The number of hydrogen-bond acceptors (Lipinski definition) is 6. The Kier molecular flexibility index (Phi) is 3.61. The van der Waals surface area contributed by atoms with Crippen LogP contribution >= 0.6 is 0 Å². The van der Waals surface area contributed by atoms with Gasteiger partial charge in [-0.2, -0.15) is 0 Å². The van der Waals surface area contributed by atoms with Crippen molar-refractivity contribution in [2.45, 2.75) is 19.4 Å². The molecule has 1 aliphatic rings. The van der Waals surface area contributed by atoms with Crippen molar-refractivity contribution in [1.82, 2.24) is 9.97 Å². The van der Waals surface area contributed by atoms with E-state index in [4.69, 9.17) is 10.9 Å². The summed E-state index contributed by atoms with van der Waals surface area (Å²) in [7, 11) is 0. The van der Waals surface area contributed by atoms with Crippen LogP contribution in [0.1, 0.15) is 19.0 Å². The molecule has 7 heteroatoms. The molecule has 0 radical (unpaired) electrons. The number of aromatic nitrogens is 2. The van der Waals surface area contributed by atoms with Crippen molar-refractivity contribution >= 4 is 11.7 Å². The lowest BCUT2D eigenvalue weighted by atomic mass is 10.0. The van der Waals surface area contributed by atoms with Gasteiger partial charge in [0.1, 0.15) is 0 Å². The number of hydrogen-bond donors (Lipinski definition) is 3. The highest BCUT2D eigenvalue weighted by Gasteiger charge is 2.29. The van der Waals surface area contributed by atoms with Gasteiger partial charge in [-0.15, -0.1) is 0 Å². The molecule has 2 atom stereocenters. The van der Waals surface area contributed by atoms with E-state index in [9.17, 15) is 5.11 Å². The Bertz CT molecular complexity index is 449. The molecule has 0 saturated carbocycles. The quantitative estimate of drug-likeness (QED) is 0.296. The minimum atomic E-state index is -0.348. The van der Waals surface area contributed by atoms with Crippen molar-refractivity contribution in [2.24, 2.45) is 16.8 Å². The summed E-state index contributed by atoms with van der Waals surface area (Å²) in [4.78, 5) is 10.3. The second kappa shape index (κ2) is 5.18. The molecule has 1 saturated heterocycles. The summed E-state index contributed by atoms with van der Waals surface area (Å²) >= 11 is 0. The van der Waals surface area contributed by atoms with Crippen molar-refractivity contribution in [2.75, 3.05) is 18.0 Å². The fourth-order valence-corrected chi connectivity index (χ4v) is 2.16. The van der Waals surface area contributed by atoms with Gasteiger partial charge in [0.2, 0.25) is 0 Å². The highest BCUT2D eigenvalue weighted by Crippen LogP contribution is 2.25. The second-order valence-electron chi connectivity index (χ2n) is 4.45. The molecule has 2 rings (SSSR count). The number of aliphatic hydroxyl groups is 1. The lowest BCUT2D eigenvalue weighted by Gasteiger charge is -2.20. The maximum absolute atomic E-state index is 9.59. The lowest BCUT2D eigenvalue weighted by molar-refractivity contribution is 0.136. The van der Waals surface area contributed by atoms with Crippen molar-refractivity contribution in [3.8, 4) is 0 Å². The Labute approximate surface area is 105 Å². The zero-order valence-electron chi connectivity index (χ0n) is 10.2. The van der Waals surface area contributed by atoms with E-state index >= 15 is 0 Å². The molecule has 0 aliphatic carbocycles. The van der Waals surface area contributed by atoms with Crippen molar-refractivity contribution in [3.63, 3.8) is 0 Å². The fraction of sp³-hybridized carbons (Fsp3) is 0.545. The Hall–Kier alpha value is -1.89. The molecule has 2 heterocycles. The van der Waals surface area contributed by atoms with Crippen LogP contribution in [-0.2, 0) is 0 Å². The molecule has 98 valence electrons. The summed E-state index contributed by atoms with van der Waals surface area (Å²) in [5.41, 5.74) is 5.95. The maximum Gasteiger partial charge on any atom is 0.192 e. The van der Waals surface area contributed by atoms with Gasteiger partial charge in [-0.3, -0.25) is 0 Å². The largest absolute Gasteiger partial charge is 0.409 e. The SMILES string of the molecule is CC(O)C1CCN(c2nccnc2C(N)=NO)C1. The average molecular weight is 251 g/mol. The summed E-state index contributed by atoms with van der Waals surface area (Å²) in [6.07, 6.45) is 3.61. The minimum absolute atomic E-state index is 0.0569. The van der Waals surface area contributed by atoms with Gasteiger partial charge in [0.25, 0.3) is 0 Å². The van der Waals surface area contributed by atoms with Crippen molar-refractivity contribution in [3.05, 3.63) is 18.1 Å². The predicted molar refractivity (Wildman–Crippen MR) is 66.5 cm³/mol. The van der Waals surface area contributed by atoms with Crippen LogP contribution in [0.25, 0.3) is 0 Å². The van der Waals surface area contributed by atoms with E-state index in [1.807, 2.05) is 4.90 Å². The second-order valence-corrected chi connectivity index (χ2v) is 4.45. The van der Waals surface area contributed by atoms with Gasteiger partial charge in [0.15, 0.2) is 17.3 Å². The number of aliphatic hydroxyl groups excluding tert-OH is 1. The number of nitrogens with two attached hydrogens (primary N) is 1. The zero-order chi connectivity index (χ0) is 13.1. The van der Waals surface area contributed by atoms with Crippen molar-refractivity contribution in [1.29, 1.82) is 0 Å². The lowest BCUT2D eigenvalue weighted by Crippen LogP contribution is -2.28. The Balaban J connectivity index is 2.25. The van der Waals surface area contributed by atoms with E-state index in [0.717, 1.165) is 13.0 Å². The zero-order valence-corrected chi connectivity index (χ0v) is 10.2. The summed E-state index contributed by atoms with van der Waals surface area (Å²) in [6.45, 7) is 3.26. The van der Waals surface area contributed by atoms with Crippen LogP contribution in [-0.4, -0.2) is 45.3 Å². The molecule has 0 amide bonds. The molecular weight excluding hydrogens is 234 g/mol. The molecule has 7 nitrogen and oxygen atoms in total. The normalized spacial score (nSPS) is 22.2. The van der Waals surface area contributed by atoms with Crippen LogP contribution in [0.2, 0.25) is 0 Å². The van der Waals surface area contributed by atoms with Crippen LogP contribution < -0.4 is 10.6 Å². The van der Waals surface area contributed by atoms with E-state index < -0.39 is 0 Å². The highest BCUT2D eigenvalue weighted by molar-refractivity contribution is 5.99. The van der Waals surface area contributed by atoms with Crippen LogP contribution in [0.3, 0.4) is 0 Å². The molecule has 1 aliphatic heterocycles. The first kappa shape index (κ1) is 12.6. The fourth-order valence-electron chi connectivity index (χ4n) is 2.16. The van der Waals surface area contributed by atoms with E-state index in [-0.39, 0.29) is 17.9 Å². The first-order valence-corrected chi connectivity index (χ1v) is 5.85. The Morgan fingerprint density at radius 3 is 2.89 bits per heavy atom. The molecule has 0 aromatic carbocycles. The Morgan fingerprint density at radius 2 is 2.28 bits per heavy atom. The smallest absolute Gasteiger partial charge is 0.192 e. The minimum Gasteiger partial charge on any atom is -0.409 e. The molecule has 18 heavy (non-hydrogen) atoms. The third kappa shape index (κ3) is 2.35. The summed E-state index contributed by atoms with van der Waals surface area (Å²) in [6, 6.07) is 0. The topological polar surface area (TPSA) is 108 Å². The van der Waals surface area contributed by atoms with Gasteiger partial charge >= 0.3 is 0 Å². The molecule has 1 aromatic rings. The van der Waals surface area contributed by atoms with Gasteiger partial charge in [-0.25, -0.2) is 9.97 Å². The van der Waals surface area contributed by atoms with Gasteiger partial charge < -0.3 is 20.9 Å². The standard InChI is InChI=1S/C11H17N5O2/c1-7(17)8-2-5-16(6-8)11-9(10(12)15-18)13-3-4-14-11/h3-4,7-8,17-18H,2,5-6H2,1H3,(H2,12,15). The first-order chi connectivity index (χ1) is 8.63. The number of anilines is 1. The number of oxime groups is 1. The number of amidine groups is 1. The highest BCUT2D eigenvalue weighted by atomic mass is 16.4. The predicted octanol–water partition coefficient (Wildman–Crippen LogP) is -0.222. The van der Waals surface area contributed by atoms with E-state index in [1.54, 1.807) is 13.1 Å². The number of rotatable bonds is 3. The van der Waals surface area contributed by atoms with Crippen LogP contribution in [0.4, 0.5) is 5.82 Å². The molecule has 0 spiro atoms. The Morgan fingerprint density at radius 1 is 1.56 bits per heavy atom. The molecule has 4 N–H and O–H groups in total. The first-order valence-electron chi connectivity index (χ1n) is 5.85. The van der Waals surface area contributed by atoms with E-state index in [0.29, 0.717) is 18.1 Å². The third-order valence-corrected chi connectivity index (χ3v) is 3.24. The average Bonchev–Trinajstić information content (AvgIpc) is 2.87. The molecule has 1 aromatic heterocycles. The van der Waals surface area contributed by atoms with Crippen molar-refractivity contribution < 1.29 is 10.3 Å². The van der Waals surface area contributed by atoms with Crippen LogP contribution in [0, 0.1) is 5.92 Å². The maximum atomic E-state index is 9.59. The summed E-state index contributed by atoms with van der Waals surface area (Å²) < 4.78 is 0. The molecule has 1 fully saturated rings.